The number of allylic oxidation sites excluding steroid dienone is 1. The average molecular weight is 328 g/mol. The Morgan fingerprint density at radius 3 is 2.52 bits per heavy atom. The quantitative estimate of drug-likeness (QED) is 0.746. The Bertz CT molecular complexity index is 1070. The zero-order valence-electron chi connectivity index (χ0n) is 12.8. The highest BCUT2D eigenvalue weighted by Crippen LogP contribution is 2.09. The molecule has 0 saturated carbocycles. The molecule has 0 spiro atoms. The zero-order chi connectivity index (χ0) is 16.6. The number of aromatic amines is 1. The molecular formula is C16H16N4O2S. The van der Waals surface area contributed by atoms with E-state index in [-0.39, 0.29) is 11.2 Å². The van der Waals surface area contributed by atoms with Gasteiger partial charge in [-0.3, -0.25) is 13.9 Å². The van der Waals surface area contributed by atoms with Crippen molar-refractivity contribution in [2.24, 2.45) is 14.1 Å². The molecule has 0 bridgehead atoms. The van der Waals surface area contributed by atoms with Gasteiger partial charge in [0.25, 0.3) is 5.56 Å². The SMILES string of the molecule is Cn1c(=O)c2c([nH]c(=S)n2C/C=C/c2ccccc2)n(C)c1=O. The van der Waals surface area contributed by atoms with Crippen LogP contribution >= 0.6 is 12.2 Å². The molecule has 0 amide bonds. The predicted octanol–water partition coefficient (Wildman–Crippen LogP) is 1.81. The largest absolute Gasteiger partial charge is 0.332 e. The van der Waals surface area contributed by atoms with Gasteiger partial charge in [-0.05, 0) is 17.8 Å². The first-order chi connectivity index (χ1) is 11.0. The number of hydrogen-bond donors (Lipinski definition) is 1. The van der Waals surface area contributed by atoms with E-state index >= 15 is 0 Å². The van der Waals surface area contributed by atoms with Crippen LogP contribution in [0, 0.1) is 4.77 Å². The summed E-state index contributed by atoms with van der Waals surface area (Å²) in [5.74, 6) is 0. The van der Waals surface area contributed by atoms with Crippen LogP contribution in [0.5, 0.6) is 0 Å². The van der Waals surface area contributed by atoms with Gasteiger partial charge in [0.15, 0.2) is 10.3 Å². The minimum absolute atomic E-state index is 0.358. The van der Waals surface area contributed by atoms with Gasteiger partial charge in [-0.1, -0.05) is 42.5 Å². The molecule has 2 aromatic heterocycles. The van der Waals surface area contributed by atoms with Crippen LogP contribution < -0.4 is 11.2 Å². The Balaban J connectivity index is 2.10. The van der Waals surface area contributed by atoms with E-state index in [0.29, 0.717) is 22.5 Å². The fraction of sp³-hybridized carbons (Fsp3) is 0.188. The highest BCUT2D eigenvalue weighted by molar-refractivity contribution is 7.71. The number of rotatable bonds is 3. The standard InChI is InChI=1S/C16H16N4O2S/c1-18-13-12(14(21)19(2)16(18)22)20(15(23)17-13)10-6-9-11-7-4-3-5-8-11/h3-9H,10H2,1-2H3,(H,17,23)/b9-6+. The minimum Gasteiger partial charge on any atom is -0.316 e. The number of hydrogen-bond acceptors (Lipinski definition) is 3. The number of H-pyrrole nitrogens is 1. The van der Waals surface area contributed by atoms with Crippen LogP contribution in [0.25, 0.3) is 17.2 Å². The lowest BCUT2D eigenvalue weighted by molar-refractivity contribution is 0.703. The number of nitrogens with zero attached hydrogens (tertiary/aromatic N) is 3. The van der Waals surface area contributed by atoms with E-state index in [1.807, 2.05) is 42.5 Å². The van der Waals surface area contributed by atoms with Crippen molar-refractivity contribution in [3.05, 3.63) is 67.6 Å². The lowest BCUT2D eigenvalue weighted by Crippen LogP contribution is -2.37. The number of benzene rings is 1. The summed E-state index contributed by atoms with van der Waals surface area (Å²) in [6, 6.07) is 9.86. The van der Waals surface area contributed by atoms with Crippen molar-refractivity contribution < 1.29 is 0 Å². The summed E-state index contributed by atoms with van der Waals surface area (Å²) in [6.07, 6.45) is 3.90. The van der Waals surface area contributed by atoms with Crippen LogP contribution in [0.3, 0.4) is 0 Å². The Kier molecular flexibility index (Phi) is 3.87. The molecule has 0 radical (unpaired) electrons. The fourth-order valence-electron chi connectivity index (χ4n) is 2.52. The molecule has 0 atom stereocenters. The highest BCUT2D eigenvalue weighted by Gasteiger charge is 2.14. The lowest BCUT2D eigenvalue weighted by atomic mass is 10.2. The lowest BCUT2D eigenvalue weighted by Gasteiger charge is -2.05. The summed E-state index contributed by atoms with van der Waals surface area (Å²) in [5, 5.41) is 0. The zero-order valence-corrected chi connectivity index (χ0v) is 13.6. The molecule has 6 nitrogen and oxygen atoms in total. The third-order valence-corrected chi connectivity index (χ3v) is 4.10. The molecule has 0 fully saturated rings. The van der Waals surface area contributed by atoms with Crippen molar-refractivity contribution in [3.63, 3.8) is 0 Å². The van der Waals surface area contributed by atoms with E-state index in [2.05, 4.69) is 4.98 Å². The van der Waals surface area contributed by atoms with E-state index in [0.717, 1.165) is 10.1 Å². The van der Waals surface area contributed by atoms with Crippen molar-refractivity contribution >= 4 is 29.5 Å². The van der Waals surface area contributed by atoms with Gasteiger partial charge < -0.3 is 9.55 Å². The van der Waals surface area contributed by atoms with Gasteiger partial charge in [0, 0.05) is 20.6 Å². The third kappa shape index (κ3) is 2.59. The Morgan fingerprint density at radius 2 is 1.83 bits per heavy atom. The van der Waals surface area contributed by atoms with Gasteiger partial charge in [0.2, 0.25) is 0 Å². The summed E-state index contributed by atoms with van der Waals surface area (Å²) in [4.78, 5) is 27.3. The monoisotopic (exact) mass is 328 g/mol. The first kappa shape index (κ1) is 15.2. The van der Waals surface area contributed by atoms with E-state index in [9.17, 15) is 9.59 Å². The number of nitrogens with one attached hydrogen (secondary N) is 1. The maximum absolute atomic E-state index is 12.4. The minimum atomic E-state index is -0.384. The molecule has 0 saturated heterocycles. The maximum atomic E-state index is 12.4. The summed E-state index contributed by atoms with van der Waals surface area (Å²) < 4.78 is 4.59. The molecule has 0 aliphatic carbocycles. The van der Waals surface area contributed by atoms with Crippen molar-refractivity contribution in [3.8, 4) is 0 Å². The maximum Gasteiger partial charge on any atom is 0.332 e. The number of imidazole rings is 1. The van der Waals surface area contributed by atoms with E-state index in [1.165, 1.54) is 11.6 Å². The molecule has 0 aliphatic rings. The Hall–Kier alpha value is -2.67. The highest BCUT2D eigenvalue weighted by atomic mass is 32.1. The molecular weight excluding hydrogens is 312 g/mol. The topological polar surface area (TPSA) is 64.7 Å². The molecule has 2 heterocycles. The number of aryl methyl sites for hydroxylation is 1. The van der Waals surface area contributed by atoms with Gasteiger partial charge in [-0.2, -0.15) is 0 Å². The molecule has 3 aromatic rings. The second-order valence-corrected chi connectivity index (χ2v) is 5.64. The van der Waals surface area contributed by atoms with Crippen LogP contribution in [0.1, 0.15) is 5.56 Å². The second-order valence-electron chi connectivity index (χ2n) is 5.26. The third-order valence-electron chi connectivity index (χ3n) is 3.78. The van der Waals surface area contributed by atoms with Crippen molar-refractivity contribution in [2.75, 3.05) is 0 Å². The fourth-order valence-corrected chi connectivity index (χ4v) is 2.78. The molecule has 0 unspecified atom stereocenters. The first-order valence-corrected chi connectivity index (χ1v) is 7.51. The molecule has 23 heavy (non-hydrogen) atoms. The smallest absolute Gasteiger partial charge is 0.316 e. The Morgan fingerprint density at radius 1 is 1.13 bits per heavy atom. The molecule has 0 aliphatic heterocycles. The van der Waals surface area contributed by atoms with Gasteiger partial charge in [0.05, 0.1) is 0 Å². The predicted molar refractivity (Wildman–Crippen MR) is 93.1 cm³/mol. The van der Waals surface area contributed by atoms with Crippen molar-refractivity contribution in [2.45, 2.75) is 6.54 Å². The summed E-state index contributed by atoms with van der Waals surface area (Å²) in [6.45, 7) is 0.446. The second kappa shape index (κ2) is 5.85. The van der Waals surface area contributed by atoms with Crippen LogP contribution in [-0.2, 0) is 20.6 Å². The van der Waals surface area contributed by atoms with Crippen LogP contribution in [0.15, 0.2) is 46.0 Å². The van der Waals surface area contributed by atoms with E-state index in [1.54, 1.807) is 11.6 Å². The van der Waals surface area contributed by atoms with Crippen LogP contribution in [0.2, 0.25) is 0 Å². The molecule has 1 N–H and O–H groups in total. The molecule has 1 aromatic carbocycles. The molecule has 118 valence electrons. The van der Waals surface area contributed by atoms with Crippen LogP contribution in [0.4, 0.5) is 0 Å². The average Bonchev–Trinajstić information content (AvgIpc) is 2.89. The summed E-state index contributed by atoms with van der Waals surface area (Å²) in [5.41, 5.74) is 1.17. The van der Waals surface area contributed by atoms with Crippen molar-refractivity contribution in [1.29, 1.82) is 0 Å². The van der Waals surface area contributed by atoms with Crippen molar-refractivity contribution in [1.82, 2.24) is 18.7 Å². The number of aromatic nitrogens is 4. The first-order valence-electron chi connectivity index (χ1n) is 7.11. The molecule has 7 heteroatoms. The van der Waals surface area contributed by atoms with E-state index in [4.69, 9.17) is 12.2 Å². The number of fused-ring (bicyclic) bond motifs is 1. The normalized spacial score (nSPS) is 11.6. The van der Waals surface area contributed by atoms with Gasteiger partial charge in [-0.25, -0.2) is 4.79 Å². The van der Waals surface area contributed by atoms with E-state index < -0.39 is 0 Å². The van der Waals surface area contributed by atoms with Gasteiger partial charge in [-0.15, -0.1) is 0 Å². The Labute approximate surface area is 136 Å². The molecule has 3 rings (SSSR count). The van der Waals surface area contributed by atoms with Gasteiger partial charge in [0.1, 0.15) is 5.65 Å². The van der Waals surface area contributed by atoms with Gasteiger partial charge >= 0.3 is 5.69 Å². The van der Waals surface area contributed by atoms with Crippen LogP contribution in [-0.4, -0.2) is 18.7 Å². The summed E-state index contributed by atoms with van der Waals surface area (Å²) >= 11 is 5.30. The summed E-state index contributed by atoms with van der Waals surface area (Å²) in [7, 11) is 3.07.